The third-order valence-electron chi connectivity index (χ3n) is 2.44. The lowest BCUT2D eigenvalue weighted by atomic mass is 10.2. The van der Waals surface area contributed by atoms with E-state index < -0.39 is 5.82 Å². The Morgan fingerprint density at radius 3 is 2.84 bits per heavy atom. The van der Waals surface area contributed by atoms with Gasteiger partial charge in [0.05, 0.1) is 15.7 Å². The maximum Gasteiger partial charge on any atom is 0.221 e. The summed E-state index contributed by atoms with van der Waals surface area (Å²) in [6.45, 7) is 2.96. The molecule has 2 N–H and O–H groups in total. The molecule has 0 aromatic heterocycles. The van der Waals surface area contributed by atoms with Crippen LogP contribution in [0.25, 0.3) is 0 Å². The Labute approximate surface area is 120 Å². The average Bonchev–Trinajstić information content (AvgIpc) is 2.41. The standard InChI is InChI=1S/C13H15BrFN3O/c1-2-6-18-11(19)5-7-17-10-4-3-9(8-16)12(14)13(10)15/h3-4,17H,2,5-7H2,1H3,(H,18,19). The second-order valence-electron chi connectivity index (χ2n) is 3.93. The SMILES string of the molecule is CCCNC(=O)CCNc1ccc(C#N)c(Br)c1F. The summed E-state index contributed by atoms with van der Waals surface area (Å²) >= 11 is 3.03. The lowest BCUT2D eigenvalue weighted by Gasteiger charge is -2.09. The Hall–Kier alpha value is -1.61. The van der Waals surface area contributed by atoms with E-state index in [4.69, 9.17) is 5.26 Å². The van der Waals surface area contributed by atoms with Crippen LogP contribution in [0.15, 0.2) is 16.6 Å². The minimum atomic E-state index is -0.520. The molecule has 0 aliphatic carbocycles. The summed E-state index contributed by atoms with van der Waals surface area (Å²) in [5.74, 6) is -0.588. The number of hydrogen-bond acceptors (Lipinski definition) is 3. The van der Waals surface area contributed by atoms with Crippen molar-refractivity contribution in [3.05, 3.63) is 28.0 Å². The average molecular weight is 328 g/mol. The molecular formula is C13H15BrFN3O. The molecule has 0 aliphatic rings. The molecular weight excluding hydrogens is 313 g/mol. The van der Waals surface area contributed by atoms with Gasteiger partial charge in [0, 0.05) is 19.5 Å². The van der Waals surface area contributed by atoms with Crippen LogP contribution < -0.4 is 10.6 Å². The van der Waals surface area contributed by atoms with Gasteiger partial charge in [0.1, 0.15) is 6.07 Å². The number of hydrogen-bond donors (Lipinski definition) is 2. The number of carbonyl (C=O) groups excluding carboxylic acids is 1. The molecule has 0 heterocycles. The molecule has 0 unspecified atom stereocenters. The van der Waals surface area contributed by atoms with Crippen molar-refractivity contribution in [3.8, 4) is 6.07 Å². The van der Waals surface area contributed by atoms with Crippen molar-refractivity contribution in [2.24, 2.45) is 0 Å². The smallest absolute Gasteiger partial charge is 0.221 e. The fourth-order valence-electron chi connectivity index (χ4n) is 1.44. The van der Waals surface area contributed by atoms with Crippen LogP contribution in [0.4, 0.5) is 10.1 Å². The first-order chi connectivity index (χ1) is 9.10. The van der Waals surface area contributed by atoms with E-state index in [1.165, 1.54) is 12.1 Å². The molecule has 1 amide bonds. The van der Waals surface area contributed by atoms with E-state index in [9.17, 15) is 9.18 Å². The van der Waals surface area contributed by atoms with Gasteiger partial charge in [-0.05, 0) is 34.5 Å². The molecule has 0 aliphatic heterocycles. The zero-order chi connectivity index (χ0) is 14.3. The van der Waals surface area contributed by atoms with Crippen molar-refractivity contribution in [2.75, 3.05) is 18.4 Å². The summed E-state index contributed by atoms with van der Waals surface area (Å²) in [5, 5.41) is 14.3. The van der Waals surface area contributed by atoms with Crippen LogP contribution in [0.3, 0.4) is 0 Å². The van der Waals surface area contributed by atoms with Crippen molar-refractivity contribution >= 4 is 27.5 Å². The molecule has 102 valence electrons. The maximum atomic E-state index is 13.8. The van der Waals surface area contributed by atoms with Crippen LogP contribution in [-0.2, 0) is 4.79 Å². The topological polar surface area (TPSA) is 64.9 Å². The molecule has 0 radical (unpaired) electrons. The second-order valence-corrected chi connectivity index (χ2v) is 4.72. The number of nitrogens with zero attached hydrogens (tertiary/aromatic N) is 1. The minimum Gasteiger partial charge on any atom is -0.382 e. The van der Waals surface area contributed by atoms with Gasteiger partial charge in [-0.2, -0.15) is 5.26 Å². The van der Waals surface area contributed by atoms with Gasteiger partial charge in [0.2, 0.25) is 5.91 Å². The number of nitrogens with one attached hydrogen (secondary N) is 2. The molecule has 1 aromatic carbocycles. The molecule has 0 spiro atoms. The first-order valence-electron chi connectivity index (χ1n) is 5.98. The van der Waals surface area contributed by atoms with Crippen molar-refractivity contribution < 1.29 is 9.18 Å². The van der Waals surface area contributed by atoms with E-state index >= 15 is 0 Å². The van der Waals surface area contributed by atoms with Gasteiger partial charge in [-0.3, -0.25) is 4.79 Å². The number of rotatable bonds is 6. The summed E-state index contributed by atoms with van der Waals surface area (Å²) < 4.78 is 13.9. The summed E-state index contributed by atoms with van der Waals surface area (Å²) in [6.07, 6.45) is 1.16. The predicted molar refractivity (Wildman–Crippen MR) is 75.2 cm³/mol. The highest BCUT2D eigenvalue weighted by molar-refractivity contribution is 9.10. The first kappa shape index (κ1) is 15.4. The van der Waals surface area contributed by atoms with Crippen molar-refractivity contribution in [3.63, 3.8) is 0 Å². The third-order valence-corrected chi connectivity index (χ3v) is 3.22. The van der Waals surface area contributed by atoms with E-state index in [1.807, 2.05) is 13.0 Å². The van der Waals surface area contributed by atoms with Gasteiger partial charge in [0.25, 0.3) is 0 Å². The normalized spacial score (nSPS) is 9.79. The molecule has 0 saturated heterocycles. The number of amides is 1. The first-order valence-corrected chi connectivity index (χ1v) is 6.78. The van der Waals surface area contributed by atoms with Gasteiger partial charge in [-0.15, -0.1) is 0 Å². The van der Waals surface area contributed by atoms with E-state index in [0.717, 1.165) is 6.42 Å². The van der Waals surface area contributed by atoms with Gasteiger partial charge in [-0.1, -0.05) is 6.92 Å². The molecule has 0 atom stereocenters. The van der Waals surface area contributed by atoms with Crippen molar-refractivity contribution in [2.45, 2.75) is 19.8 Å². The Balaban J connectivity index is 2.53. The summed E-state index contributed by atoms with van der Waals surface area (Å²) in [7, 11) is 0. The lowest BCUT2D eigenvalue weighted by molar-refractivity contribution is -0.120. The molecule has 0 bridgehead atoms. The van der Waals surface area contributed by atoms with E-state index in [2.05, 4.69) is 26.6 Å². The zero-order valence-electron chi connectivity index (χ0n) is 10.6. The van der Waals surface area contributed by atoms with Crippen LogP contribution in [0.2, 0.25) is 0 Å². The molecule has 1 rings (SSSR count). The number of halogens is 2. The fourth-order valence-corrected chi connectivity index (χ4v) is 1.87. The van der Waals surface area contributed by atoms with E-state index in [-0.39, 0.29) is 28.1 Å². The van der Waals surface area contributed by atoms with Gasteiger partial charge < -0.3 is 10.6 Å². The summed E-state index contributed by atoms with van der Waals surface area (Å²) in [5.41, 5.74) is 0.512. The molecule has 19 heavy (non-hydrogen) atoms. The highest BCUT2D eigenvalue weighted by Crippen LogP contribution is 2.26. The van der Waals surface area contributed by atoms with Gasteiger partial charge in [-0.25, -0.2) is 4.39 Å². The highest BCUT2D eigenvalue weighted by atomic mass is 79.9. The monoisotopic (exact) mass is 327 g/mol. The Morgan fingerprint density at radius 1 is 1.47 bits per heavy atom. The number of carbonyl (C=O) groups is 1. The lowest BCUT2D eigenvalue weighted by Crippen LogP contribution is -2.26. The summed E-state index contributed by atoms with van der Waals surface area (Å²) in [4.78, 5) is 11.3. The van der Waals surface area contributed by atoms with Crippen molar-refractivity contribution in [1.82, 2.24) is 5.32 Å². The van der Waals surface area contributed by atoms with Crippen LogP contribution in [0.5, 0.6) is 0 Å². The number of benzene rings is 1. The molecule has 4 nitrogen and oxygen atoms in total. The van der Waals surface area contributed by atoms with E-state index in [1.54, 1.807) is 0 Å². The molecule has 1 aromatic rings. The van der Waals surface area contributed by atoms with Crippen LogP contribution in [0, 0.1) is 17.1 Å². The maximum absolute atomic E-state index is 13.8. The van der Waals surface area contributed by atoms with E-state index in [0.29, 0.717) is 13.1 Å². The predicted octanol–water partition coefficient (Wildman–Crippen LogP) is 2.79. The van der Waals surface area contributed by atoms with Crippen LogP contribution in [0.1, 0.15) is 25.3 Å². The molecule has 0 saturated carbocycles. The highest BCUT2D eigenvalue weighted by Gasteiger charge is 2.10. The second kappa shape index (κ2) is 7.74. The number of anilines is 1. The minimum absolute atomic E-state index is 0.0672. The molecule has 6 heteroatoms. The zero-order valence-corrected chi connectivity index (χ0v) is 12.2. The van der Waals surface area contributed by atoms with Crippen molar-refractivity contribution in [1.29, 1.82) is 5.26 Å². The number of nitriles is 1. The Bertz CT molecular complexity index is 499. The van der Waals surface area contributed by atoms with Crippen LogP contribution >= 0.6 is 15.9 Å². The Morgan fingerprint density at radius 2 is 2.21 bits per heavy atom. The molecule has 0 fully saturated rings. The van der Waals surface area contributed by atoms with Crippen LogP contribution in [-0.4, -0.2) is 19.0 Å². The summed E-state index contributed by atoms with van der Waals surface area (Å²) in [6, 6.07) is 4.89. The third kappa shape index (κ3) is 4.52. The largest absolute Gasteiger partial charge is 0.382 e. The van der Waals surface area contributed by atoms with Gasteiger partial charge in [0.15, 0.2) is 5.82 Å². The quantitative estimate of drug-likeness (QED) is 0.844. The Kier molecular flexibility index (Phi) is 6.30. The fraction of sp³-hybridized carbons (Fsp3) is 0.385. The van der Waals surface area contributed by atoms with Gasteiger partial charge >= 0.3 is 0 Å².